The van der Waals surface area contributed by atoms with Crippen molar-refractivity contribution >= 4 is 38.6 Å². The average molecular weight is 582 g/mol. The molecule has 2 heterocycles. The highest BCUT2D eigenvalue weighted by atomic mass is 32.2. The smallest absolute Gasteiger partial charge is 0.303 e. The van der Waals surface area contributed by atoms with Crippen molar-refractivity contribution in [2.45, 2.75) is 56.3 Å². The van der Waals surface area contributed by atoms with Crippen LogP contribution in [0.3, 0.4) is 0 Å². The largest absolute Gasteiger partial charge is 0.481 e. The Morgan fingerprint density at radius 3 is 2.32 bits per heavy atom. The normalized spacial score (nSPS) is 21.6. The maximum atomic E-state index is 14.3. The molecule has 0 radical (unpaired) electrons. The summed E-state index contributed by atoms with van der Waals surface area (Å²) in [7, 11) is -4.31. The van der Waals surface area contributed by atoms with Gasteiger partial charge in [-0.05, 0) is 52.9 Å². The van der Waals surface area contributed by atoms with Crippen molar-refractivity contribution in [3.8, 4) is 0 Å². The summed E-state index contributed by atoms with van der Waals surface area (Å²) in [6.45, 7) is 4.18. The van der Waals surface area contributed by atoms with E-state index in [0.29, 0.717) is 17.5 Å². The number of carboxylic acids is 1. The number of hydrogen-bond donors (Lipinski definition) is 1. The van der Waals surface area contributed by atoms with Crippen LogP contribution in [0.2, 0.25) is 0 Å². The zero-order chi connectivity index (χ0) is 29.5. The van der Waals surface area contributed by atoms with E-state index < -0.39 is 52.4 Å². The van der Waals surface area contributed by atoms with Crippen LogP contribution in [0.5, 0.6) is 0 Å². The monoisotopic (exact) mass is 581 g/mol. The maximum Gasteiger partial charge on any atom is 0.303 e. The summed E-state index contributed by atoms with van der Waals surface area (Å²) in [4.78, 5) is 42.1. The van der Waals surface area contributed by atoms with Crippen LogP contribution in [0.15, 0.2) is 71.6 Å². The van der Waals surface area contributed by atoms with Crippen LogP contribution < -0.4 is 0 Å². The number of carboxylic acid groups (broad SMARTS) is 1. The van der Waals surface area contributed by atoms with E-state index in [1.807, 2.05) is 26.0 Å². The van der Waals surface area contributed by atoms with Crippen molar-refractivity contribution in [3.63, 3.8) is 0 Å². The van der Waals surface area contributed by atoms with E-state index in [9.17, 15) is 32.3 Å². The van der Waals surface area contributed by atoms with Crippen LogP contribution in [0, 0.1) is 11.7 Å². The van der Waals surface area contributed by atoms with E-state index in [-0.39, 0.29) is 36.1 Å². The van der Waals surface area contributed by atoms with Gasteiger partial charge in [-0.25, -0.2) is 12.8 Å². The molecule has 0 aromatic heterocycles. The minimum atomic E-state index is -4.31. The maximum absolute atomic E-state index is 14.3. The number of piperazine rings is 1. The molecule has 3 aromatic rings. The molecule has 2 fully saturated rings. The number of hydrogen-bond acceptors (Lipinski definition) is 5. The lowest BCUT2D eigenvalue weighted by molar-refractivity contribution is -0.153. The van der Waals surface area contributed by atoms with Gasteiger partial charge in [-0.3, -0.25) is 14.4 Å². The molecule has 3 aromatic carbocycles. The number of sulfonamides is 1. The summed E-state index contributed by atoms with van der Waals surface area (Å²) in [5.74, 6) is -2.46. The van der Waals surface area contributed by atoms with Gasteiger partial charge in [0, 0.05) is 19.4 Å². The van der Waals surface area contributed by atoms with Crippen LogP contribution in [0.1, 0.15) is 32.3 Å². The topological polar surface area (TPSA) is 115 Å². The second kappa shape index (κ2) is 11.2. The van der Waals surface area contributed by atoms with Gasteiger partial charge in [0.05, 0.1) is 11.4 Å². The van der Waals surface area contributed by atoms with E-state index >= 15 is 0 Å². The van der Waals surface area contributed by atoms with Crippen molar-refractivity contribution in [3.05, 3.63) is 78.1 Å². The lowest BCUT2D eigenvalue weighted by Crippen LogP contribution is -2.64. The minimum Gasteiger partial charge on any atom is -0.481 e. The molecular formula is C30H32FN3O6S. The quantitative estimate of drug-likeness (QED) is 0.414. The van der Waals surface area contributed by atoms with Crippen molar-refractivity contribution in [2.24, 2.45) is 5.92 Å². The van der Waals surface area contributed by atoms with E-state index in [1.165, 1.54) is 35.2 Å². The molecule has 0 bridgehead atoms. The summed E-state index contributed by atoms with van der Waals surface area (Å²) < 4.78 is 43.3. The first-order valence-electron chi connectivity index (χ1n) is 13.6. The summed E-state index contributed by atoms with van der Waals surface area (Å²) in [6.07, 6.45) is -1.63. The molecule has 2 aliphatic heterocycles. The molecule has 9 nitrogen and oxygen atoms in total. The van der Waals surface area contributed by atoms with Gasteiger partial charge in [-0.2, -0.15) is 4.31 Å². The number of benzene rings is 3. The van der Waals surface area contributed by atoms with Gasteiger partial charge in [0.25, 0.3) is 0 Å². The van der Waals surface area contributed by atoms with Crippen LogP contribution in [0.4, 0.5) is 4.39 Å². The Morgan fingerprint density at radius 2 is 1.66 bits per heavy atom. The Balaban J connectivity index is 1.61. The molecule has 3 atom stereocenters. The molecule has 2 aliphatic rings. The Morgan fingerprint density at radius 1 is 0.976 bits per heavy atom. The van der Waals surface area contributed by atoms with E-state index in [1.54, 1.807) is 29.2 Å². The van der Waals surface area contributed by atoms with Gasteiger partial charge in [-0.15, -0.1) is 0 Å². The Hall–Kier alpha value is -3.83. The second-order valence-electron chi connectivity index (χ2n) is 11.0. The van der Waals surface area contributed by atoms with Gasteiger partial charge >= 0.3 is 5.97 Å². The van der Waals surface area contributed by atoms with Gasteiger partial charge < -0.3 is 14.9 Å². The molecule has 216 valence electrons. The average Bonchev–Trinajstić information content (AvgIpc) is 3.21. The van der Waals surface area contributed by atoms with Crippen molar-refractivity contribution in [1.29, 1.82) is 0 Å². The third-order valence-electron chi connectivity index (χ3n) is 7.63. The summed E-state index contributed by atoms with van der Waals surface area (Å²) in [5, 5.41) is 11.0. The summed E-state index contributed by atoms with van der Waals surface area (Å²) in [6, 6.07) is 15.3. The van der Waals surface area contributed by atoms with Gasteiger partial charge in [0.1, 0.15) is 24.1 Å². The van der Waals surface area contributed by atoms with E-state index in [0.717, 1.165) is 9.69 Å². The third-order valence-corrected chi connectivity index (χ3v) is 9.54. The minimum absolute atomic E-state index is 0.0198. The SMILES string of the molecule is CC(C)CN1CC2N(C(=O)[C@H](CCC(=O)O)N2S(=O)(=O)c2ccc3ccccc3c2)[C@@H](Cc2ccc(F)cc2)C1=O. The van der Waals surface area contributed by atoms with Crippen LogP contribution in [-0.2, 0) is 30.8 Å². The molecule has 5 rings (SSSR count). The van der Waals surface area contributed by atoms with E-state index in [4.69, 9.17) is 0 Å². The first kappa shape index (κ1) is 28.7. The number of amides is 2. The number of fused-ring (bicyclic) bond motifs is 2. The molecule has 11 heteroatoms. The predicted octanol–water partition coefficient (Wildman–Crippen LogP) is 3.48. The Labute approximate surface area is 238 Å². The third kappa shape index (κ3) is 5.56. The molecule has 41 heavy (non-hydrogen) atoms. The standard InChI is InChI=1S/C30H32FN3O6S/c1-19(2)17-32-18-27-33(26(29(32)37)15-20-7-10-23(31)11-8-20)30(38)25(13-14-28(35)36)34(27)41(39,40)24-12-9-21-5-3-4-6-22(21)16-24/h3-12,16,19,25-27H,13-15,17-18H2,1-2H3,(H,35,36)/t25-,26-,27?/m0/s1. The summed E-state index contributed by atoms with van der Waals surface area (Å²) >= 11 is 0. The number of carbonyl (C=O) groups excluding carboxylic acids is 2. The molecule has 0 aliphatic carbocycles. The lowest BCUT2D eigenvalue weighted by atomic mass is 9.99. The first-order chi connectivity index (χ1) is 19.5. The van der Waals surface area contributed by atoms with Gasteiger partial charge in [-0.1, -0.05) is 56.3 Å². The molecule has 2 saturated heterocycles. The number of nitrogens with zero attached hydrogens (tertiary/aromatic N) is 3. The van der Waals surface area contributed by atoms with Crippen LogP contribution >= 0.6 is 0 Å². The number of rotatable bonds is 9. The number of carbonyl (C=O) groups is 3. The molecule has 2 amide bonds. The summed E-state index contributed by atoms with van der Waals surface area (Å²) in [5.41, 5.74) is 0.612. The van der Waals surface area contributed by atoms with Gasteiger partial charge in [0.2, 0.25) is 21.8 Å². The fraction of sp³-hybridized carbons (Fsp3) is 0.367. The second-order valence-corrected chi connectivity index (χ2v) is 12.8. The predicted molar refractivity (Wildman–Crippen MR) is 150 cm³/mol. The van der Waals surface area contributed by atoms with Gasteiger partial charge in [0.15, 0.2) is 0 Å². The Kier molecular flexibility index (Phi) is 7.85. The zero-order valence-corrected chi connectivity index (χ0v) is 23.6. The van der Waals surface area contributed by atoms with Crippen LogP contribution in [0.25, 0.3) is 10.8 Å². The highest BCUT2D eigenvalue weighted by Gasteiger charge is 2.58. The fourth-order valence-corrected chi connectivity index (χ4v) is 7.61. The highest BCUT2D eigenvalue weighted by Crippen LogP contribution is 2.38. The Bertz CT molecular complexity index is 1590. The molecule has 1 N–H and O–H groups in total. The van der Waals surface area contributed by atoms with Crippen molar-refractivity contribution in [1.82, 2.24) is 14.1 Å². The lowest BCUT2D eigenvalue weighted by Gasteiger charge is -2.44. The molecular weight excluding hydrogens is 549 g/mol. The van der Waals surface area contributed by atoms with Crippen LogP contribution in [-0.4, -0.2) is 76.8 Å². The molecule has 0 spiro atoms. The van der Waals surface area contributed by atoms with Crippen molar-refractivity contribution in [2.75, 3.05) is 13.1 Å². The van der Waals surface area contributed by atoms with E-state index in [2.05, 4.69) is 0 Å². The highest BCUT2D eigenvalue weighted by molar-refractivity contribution is 7.89. The number of halogens is 1. The zero-order valence-electron chi connectivity index (χ0n) is 22.8. The number of aliphatic carboxylic acids is 1. The molecule has 1 unspecified atom stereocenters. The first-order valence-corrected chi connectivity index (χ1v) is 15.0. The fourth-order valence-electron chi connectivity index (χ4n) is 5.83. The van der Waals surface area contributed by atoms with Crippen molar-refractivity contribution < 1.29 is 32.3 Å². The molecule has 0 saturated carbocycles.